The van der Waals surface area contributed by atoms with Crippen LogP contribution in [0.25, 0.3) is 0 Å². The molecular weight excluding hydrogens is 252 g/mol. The van der Waals surface area contributed by atoms with Crippen LogP contribution in [0, 0.1) is 11.3 Å². The van der Waals surface area contributed by atoms with Gasteiger partial charge in [-0.1, -0.05) is 19.9 Å². The second-order valence-electron chi connectivity index (χ2n) is 6.68. The van der Waals surface area contributed by atoms with E-state index in [9.17, 15) is 0 Å². The first-order valence-corrected chi connectivity index (χ1v) is 8.24. The molecule has 2 rings (SSSR count). The molecule has 1 aromatic rings. The zero-order valence-electron chi connectivity index (χ0n) is 12.9. The molecular formula is C16H28N2S. The number of hydrogen-bond donors (Lipinski definition) is 1. The fourth-order valence-electron chi connectivity index (χ4n) is 3.61. The van der Waals surface area contributed by atoms with E-state index >= 15 is 0 Å². The van der Waals surface area contributed by atoms with Crippen LogP contribution in [0.4, 0.5) is 0 Å². The van der Waals surface area contributed by atoms with Crippen LogP contribution in [0.15, 0.2) is 17.5 Å². The fourth-order valence-corrected chi connectivity index (χ4v) is 4.46. The fraction of sp³-hybridized carbons (Fsp3) is 0.750. The summed E-state index contributed by atoms with van der Waals surface area (Å²) in [7, 11) is 4.38. The number of nitrogens with zero attached hydrogens (tertiary/aromatic N) is 1. The molecule has 0 saturated heterocycles. The van der Waals surface area contributed by atoms with Crippen molar-refractivity contribution >= 4 is 11.3 Å². The summed E-state index contributed by atoms with van der Waals surface area (Å²) in [6.45, 7) is 8.31. The summed E-state index contributed by atoms with van der Waals surface area (Å²) in [5.41, 5.74) is 0.437. The second kappa shape index (κ2) is 5.94. The van der Waals surface area contributed by atoms with Gasteiger partial charge in [-0.05, 0) is 56.6 Å². The second-order valence-corrected chi connectivity index (χ2v) is 7.66. The maximum Gasteiger partial charge on any atom is 0.0410 e. The Morgan fingerprint density at radius 1 is 1.53 bits per heavy atom. The van der Waals surface area contributed by atoms with Gasteiger partial charge in [-0.3, -0.25) is 4.90 Å². The molecule has 0 radical (unpaired) electrons. The van der Waals surface area contributed by atoms with E-state index in [1.165, 1.54) is 24.3 Å². The standard InChI is InChI=1S/C16H28N2S/c1-12(14-7-6-10-19-14)18(5)11-13-8-9-16(2,3)15(13)17-4/h6-7,10,12-13,15,17H,8-9,11H2,1-5H3. The van der Waals surface area contributed by atoms with Crippen LogP contribution in [0.2, 0.25) is 0 Å². The molecule has 1 saturated carbocycles. The Bertz CT molecular complexity index is 385. The first-order chi connectivity index (χ1) is 8.95. The molecule has 0 aromatic carbocycles. The Kier molecular flexibility index (Phi) is 4.70. The molecule has 0 bridgehead atoms. The van der Waals surface area contributed by atoms with Crippen LogP contribution >= 0.6 is 11.3 Å². The lowest BCUT2D eigenvalue weighted by molar-refractivity contribution is 0.183. The molecule has 1 N–H and O–H groups in total. The lowest BCUT2D eigenvalue weighted by atomic mass is 9.85. The summed E-state index contributed by atoms with van der Waals surface area (Å²) in [4.78, 5) is 3.99. The van der Waals surface area contributed by atoms with Gasteiger partial charge < -0.3 is 5.32 Å². The van der Waals surface area contributed by atoms with E-state index in [2.05, 4.69) is 62.6 Å². The molecule has 1 fully saturated rings. The van der Waals surface area contributed by atoms with Gasteiger partial charge in [0.2, 0.25) is 0 Å². The summed E-state index contributed by atoms with van der Waals surface area (Å²) in [6.07, 6.45) is 2.68. The first kappa shape index (κ1) is 15.0. The molecule has 108 valence electrons. The summed E-state index contributed by atoms with van der Waals surface area (Å²) in [5.74, 6) is 0.771. The van der Waals surface area contributed by atoms with Gasteiger partial charge in [-0.2, -0.15) is 0 Å². The van der Waals surface area contributed by atoms with Gasteiger partial charge in [0.1, 0.15) is 0 Å². The van der Waals surface area contributed by atoms with Gasteiger partial charge in [0, 0.05) is 23.5 Å². The van der Waals surface area contributed by atoms with Crippen molar-refractivity contribution in [3.8, 4) is 0 Å². The van der Waals surface area contributed by atoms with Crippen molar-refractivity contribution in [3.63, 3.8) is 0 Å². The Balaban J connectivity index is 1.97. The summed E-state index contributed by atoms with van der Waals surface area (Å²) < 4.78 is 0. The average Bonchev–Trinajstić information content (AvgIpc) is 2.96. The minimum absolute atomic E-state index is 0.437. The van der Waals surface area contributed by atoms with Crippen molar-refractivity contribution < 1.29 is 0 Å². The predicted molar refractivity (Wildman–Crippen MR) is 84.7 cm³/mol. The van der Waals surface area contributed by atoms with E-state index in [-0.39, 0.29) is 0 Å². The molecule has 1 aliphatic carbocycles. The summed E-state index contributed by atoms with van der Waals surface area (Å²) in [5, 5.41) is 5.73. The normalized spacial score (nSPS) is 27.9. The average molecular weight is 280 g/mol. The molecule has 3 atom stereocenters. The molecule has 0 aliphatic heterocycles. The maximum atomic E-state index is 3.56. The van der Waals surface area contributed by atoms with E-state index < -0.39 is 0 Å². The van der Waals surface area contributed by atoms with Crippen molar-refractivity contribution in [2.45, 2.75) is 45.7 Å². The van der Waals surface area contributed by atoms with Gasteiger partial charge in [0.25, 0.3) is 0 Å². The van der Waals surface area contributed by atoms with Crippen LogP contribution in [0.5, 0.6) is 0 Å². The Morgan fingerprint density at radius 2 is 2.26 bits per heavy atom. The van der Waals surface area contributed by atoms with E-state index in [1.54, 1.807) is 0 Å². The Morgan fingerprint density at radius 3 is 2.84 bits per heavy atom. The quantitative estimate of drug-likeness (QED) is 0.883. The van der Waals surface area contributed by atoms with E-state index in [1.807, 2.05) is 11.3 Å². The molecule has 3 unspecified atom stereocenters. The number of hydrogen-bond acceptors (Lipinski definition) is 3. The predicted octanol–water partition coefficient (Wildman–Crippen LogP) is 3.77. The zero-order chi connectivity index (χ0) is 14.0. The molecule has 2 nitrogen and oxygen atoms in total. The minimum Gasteiger partial charge on any atom is -0.316 e. The van der Waals surface area contributed by atoms with Gasteiger partial charge in [0.05, 0.1) is 0 Å². The van der Waals surface area contributed by atoms with Crippen LogP contribution in [-0.4, -0.2) is 31.6 Å². The van der Waals surface area contributed by atoms with Gasteiger partial charge in [-0.15, -0.1) is 11.3 Å². The van der Waals surface area contributed by atoms with Crippen molar-refractivity contribution in [2.24, 2.45) is 11.3 Å². The Hall–Kier alpha value is -0.380. The molecule has 0 amide bonds. The minimum atomic E-state index is 0.437. The highest BCUT2D eigenvalue weighted by molar-refractivity contribution is 7.10. The van der Waals surface area contributed by atoms with Crippen molar-refractivity contribution in [1.29, 1.82) is 0 Å². The lowest BCUT2D eigenvalue weighted by Gasteiger charge is -2.34. The van der Waals surface area contributed by atoms with Crippen molar-refractivity contribution in [2.75, 3.05) is 20.6 Å². The van der Waals surface area contributed by atoms with Crippen LogP contribution in [0.3, 0.4) is 0 Å². The molecule has 3 heteroatoms. The first-order valence-electron chi connectivity index (χ1n) is 7.36. The molecule has 1 aromatic heterocycles. The topological polar surface area (TPSA) is 15.3 Å². The molecule has 1 heterocycles. The van der Waals surface area contributed by atoms with Crippen LogP contribution in [-0.2, 0) is 0 Å². The zero-order valence-corrected chi connectivity index (χ0v) is 13.8. The highest BCUT2D eigenvalue weighted by Gasteiger charge is 2.41. The Labute approximate surface area is 122 Å². The van der Waals surface area contributed by atoms with Crippen molar-refractivity contribution in [1.82, 2.24) is 10.2 Å². The van der Waals surface area contributed by atoms with Gasteiger partial charge in [0.15, 0.2) is 0 Å². The highest BCUT2D eigenvalue weighted by Crippen LogP contribution is 2.42. The lowest BCUT2D eigenvalue weighted by Crippen LogP contribution is -2.43. The van der Waals surface area contributed by atoms with Crippen LogP contribution < -0.4 is 5.32 Å². The third-order valence-corrected chi connectivity index (χ3v) is 5.96. The largest absolute Gasteiger partial charge is 0.316 e. The van der Waals surface area contributed by atoms with Gasteiger partial charge >= 0.3 is 0 Å². The molecule has 19 heavy (non-hydrogen) atoms. The molecule has 0 spiro atoms. The molecule has 1 aliphatic rings. The SMILES string of the molecule is CNC1C(CN(C)C(C)c2cccs2)CCC1(C)C. The summed E-state index contributed by atoms with van der Waals surface area (Å²) >= 11 is 1.87. The highest BCUT2D eigenvalue weighted by atomic mass is 32.1. The number of nitrogens with one attached hydrogen (secondary N) is 1. The van der Waals surface area contributed by atoms with E-state index in [0.29, 0.717) is 17.5 Å². The monoisotopic (exact) mass is 280 g/mol. The number of thiophene rings is 1. The maximum absolute atomic E-state index is 3.56. The van der Waals surface area contributed by atoms with Crippen molar-refractivity contribution in [3.05, 3.63) is 22.4 Å². The third-order valence-electron chi connectivity index (χ3n) is 4.92. The number of rotatable bonds is 5. The smallest absolute Gasteiger partial charge is 0.0410 e. The third kappa shape index (κ3) is 3.21. The van der Waals surface area contributed by atoms with E-state index in [0.717, 1.165) is 5.92 Å². The van der Waals surface area contributed by atoms with Gasteiger partial charge in [-0.25, -0.2) is 0 Å². The van der Waals surface area contributed by atoms with E-state index in [4.69, 9.17) is 0 Å². The summed E-state index contributed by atoms with van der Waals surface area (Å²) in [6, 6.07) is 5.58. The van der Waals surface area contributed by atoms with Crippen LogP contribution in [0.1, 0.15) is 44.5 Å².